The highest BCUT2D eigenvalue weighted by Crippen LogP contribution is 2.10. The summed E-state index contributed by atoms with van der Waals surface area (Å²) >= 11 is 0. The van der Waals surface area contributed by atoms with Crippen molar-refractivity contribution in [3.63, 3.8) is 0 Å². The molecular formula is C22H26FN3O2. The Hall–Kier alpha value is -2.73. The molecule has 2 amide bonds. The lowest BCUT2D eigenvalue weighted by Gasteiger charge is -2.22. The zero-order chi connectivity index (χ0) is 19.9. The number of rotatable bonds is 5. The molecule has 6 heteroatoms. The third-order valence-corrected chi connectivity index (χ3v) is 4.94. The summed E-state index contributed by atoms with van der Waals surface area (Å²) in [7, 11) is 0. The molecule has 0 atom stereocenters. The zero-order valence-corrected chi connectivity index (χ0v) is 16.2. The van der Waals surface area contributed by atoms with Gasteiger partial charge in [0.2, 0.25) is 5.91 Å². The molecule has 0 bridgehead atoms. The molecule has 148 valence electrons. The monoisotopic (exact) mass is 383 g/mol. The largest absolute Gasteiger partial charge is 0.343 e. The van der Waals surface area contributed by atoms with Gasteiger partial charge in [-0.15, -0.1) is 0 Å². The highest BCUT2D eigenvalue weighted by Gasteiger charge is 2.20. The van der Waals surface area contributed by atoms with Gasteiger partial charge in [0, 0.05) is 38.3 Å². The molecule has 0 aliphatic carbocycles. The van der Waals surface area contributed by atoms with Crippen LogP contribution < -0.4 is 5.32 Å². The first-order chi connectivity index (χ1) is 13.5. The first-order valence-corrected chi connectivity index (χ1v) is 9.61. The average Bonchev–Trinajstić information content (AvgIpc) is 2.93. The fourth-order valence-electron chi connectivity index (χ4n) is 3.38. The average molecular weight is 383 g/mol. The lowest BCUT2D eigenvalue weighted by Crippen LogP contribution is -2.42. The Labute approximate surface area is 165 Å². The molecule has 1 saturated heterocycles. The van der Waals surface area contributed by atoms with E-state index in [1.54, 1.807) is 29.2 Å². The van der Waals surface area contributed by atoms with Gasteiger partial charge in [-0.1, -0.05) is 29.8 Å². The molecule has 5 nitrogen and oxygen atoms in total. The van der Waals surface area contributed by atoms with Crippen molar-refractivity contribution in [1.29, 1.82) is 0 Å². The zero-order valence-electron chi connectivity index (χ0n) is 16.2. The minimum atomic E-state index is -0.232. The molecule has 2 aromatic rings. The minimum absolute atomic E-state index is 0.00470. The summed E-state index contributed by atoms with van der Waals surface area (Å²) in [4.78, 5) is 28.8. The number of hydrogen-bond donors (Lipinski definition) is 1. The van der Waals surface area contributed by atoms with Crippen LogP contribution in [0.15, 0.2) is 48.5 Å². The molecule has 0 radical (unpaired) electrons. The van der Waals surface area contributed by atoms with E-state index in [-0.39, 0.29) is 24.2 Å². The first kappa shape index (κ1) is 20.0. The molecule has 1 N–H and O–H groups in total. The number of hydrogen-bond acceptors (Lipinski definition) is 3. The lowest BCUT2D eigenvalue weighted by atomic mass is 10.1. The van der Waals surface area contributed by atoms with Crippen LogP contribution in [0.3, 0.4) is 0 Å². The molecule has 1 aliphatic rings. The van der Waals surface area contributed by atoms with E-state index in [0.29, 0.717) is 18.7 Å². The summed E-state index contributed by atoms with van der Waals surface area (Å²) in [6, 6.07) is 13.8. The van der Waals surface area contributed by atoms with Gasteiger partial charge < -0.3 is 10.2 Å². The van der Waals surface area contributed by atoms with Crippen molar-refractivity contribution in [3.8, 4) is 0 Å². The Morgan fingerprint density at radius 1 is 1.04 bits per heavy atom. The first-order valence-electron chi connectivity index (χ1n) is 9.61. The number of carbonyl (C=O) groups excluding carboxylic acids is 2. The van der Waals surface area contributed by atoms with Crippen molar-refractivity contribution in [2.75, 3.05) is 32.7 Å². The molecule has 0 aromatic heterocycles. The molecular weight excluding hydrogens is 357 g/mol. The molecule has 2 aromatic carbocycles. The summed E-state index contributed by atoms with van der Waals surface area (Å²) in [6.45, 7) is 5.62. The van der Waals surface area contributed by atoms with E-state index in [0.717, 1.165) is 37.2 Å². The van der Waals surface area contributed by atoms with Crippen LogP contribution in [0.1, 0.15) is 27.9 Å². The second-order valence-corrected chi connectivity index (χ2v) is 7.19. The number of halogens is 1. The number of aryl methyl sites for hydroxylation is 1. The van der Waals surface area contributed by atoms with Gasteiger partial charge >= 0.3 is 0 Å². The SMILES string of the molecule is Cc1cccc(C(=O)NCC(=O)N2CCCN(Cc3ccc(F)cc3)CC2)c1. The Morgan fingerprint density at radius 2 is 1.82 bits per heavy atom. The molecule has 0 saturated carbocycles. The molecule has 1 fully saturated rings. The second-order valence-electron chi connectivity index (χ2n) is 7.19. The van der Waals surface area contributed by atoms with E-state index in [1.165, 1.54) is 12.1 Å². The van der Waals surface area contributed by atoms with Crippen LogP contribution in [0.4, 0.5) is 4.39 Å². The minimum Gasteiger partial charge on any atom is -0.343 e. The fourth-order valence-corrected chi connectivity index (χ4v) is 3.38. The van der Waals surface area contributed by atoms with Crippen LogP contribution in [0, 0.1) is 12.7 Å². The normalized spacial score (nSPS) is 15.1. The predicted octanol–water partition coefficient (Wildman–Crippen LogP) is 2.60. The number of nitrogens with one attached hydrogen (secondary N) is 1. The highest BCUT2D eigenvalue weighted by atomic mass is 19.1. The summed E-state index contributed by atoms with van der Waals surface area (Å²) < 4.78 is 13.0. The van der Waals surface area contributed by atoms with E-state index >= 15 is 0 Å². The van der Waals surface area contributed by atoms with Crippen LogP contribution in [-0.4, -0.2) is 54.3 Å². The lowest BCUT2D eigenvalue weighted by molar-refractivity contribution is -0.130. The van der Waals surface area contributed by atoms with E-state index in [4.69, 9.17) is 0 Å². The van der Waals surface area contributed by atoms with Crippen molar-refractivity contribution < 1.29 is 14.0 Å². The van der Waals surface area contributed by atoms with Crippen LogP contribution in [0.2, 0.25) is 0 Å². The van der Waals surface area contributed by atoms with E-state index in [2.05, 4.69) is 10.2 Å². The van der Waals surface area contributed by atoms with Gasteiger partial charge in [-0.05, 0) is 43.2 Å². The fraction of sp³-hybridized carbons (Fsp3) is 0.364. The third kappa shape index (κ3) is 5.63. The maximum atomic E-state index is 13.0. The topological polar surface area (TPSA) is 52.7 Å². The second kappa shape index (κ2) is 9.46. The Kier molecular flexibility index (Phi) is 6.76. The smallest absolute Gasteiger partial charge is 0.251 e. The van der Waals surface area contributed by atoms with Crippen LogP contribution in [0.25, 0.3) is 0 Å². The Morgan fingerprint density at radius 3 is 2.57 bits per heavy atom. The van der Waals surface area contributed by atoms with Gasteiger partial charge in [-0.25, -0.2) is 4.39 Å². The van der Waals surface area contributed by atoms with Gasteiger partial charge in [-0.2, -0.15) is 0 Å². The molecule has 0 unspecified atom stereocenters. The summed E-state index contributed by atoms with van der Waals surface area (Å²) in [6.07, 6.45) is 0.874. The summed E-state index contributed by atoms with van der Waals surface area (Å²) in [5, 5.41) is 2.72. The van der Waals surface area contributed by atoms with Crippen molar-refractivity contribution in [2.24, 2.45) is 0 Å². The maximum absolute atomic E-state index is 13.0. The van der Waals surface area contributed by atoms with E-state index in [1.807, 2.05) is 19.1 Å². The van der Waals surface area contributed by atoms with E-state index in [9.17, 15) is 14.0 Å². The highest BCUT2D eigenvalue weighted by molar-refractivity contribution is 5.96. The van der Waals surface area contributed by atoms with Crippen LogP contribution in [-0.2, 0) is 11.3 Å². The molecule has 3 rings (SSSR count). The van der Waals surface area contributed by atoms with Gasteiger partial charge in [-0.3, -0.25) is 14.5 Å². The summed E-state index contributed by atoms with van der Waals surface area (Å²) in [5.41, 5.74) is 2.63. The quantitative estimate of drug-likeness (QED) is 0.864. The number of nitrogens with zero attached hydrogens (tertiary/aromatic N) is 2. The molecule has 1 aliphatic heterocycles. The molecule has 0 spiro atoms. The number of amides is 2. The predicted molar refractivity (Wildman–Crippen MR) is 106 cm³/mol. The molecule has 1 heterocycles. The molecule has 28 heavy (non-hydrogen) atoms. The Bertz CT molecular complexity index is 823. The van der Waals surface area contributed by atoms with Crippen LogP contribution >= 0.6 is 0 Å². The van der Waals surface area contributed by atoms with Crippen molar-refractivity contribution in [3.05, 3.63) is 71.0 Å². The van der Waals surface area contributed by atoms with Crippen molar-refractivity contribution in [2.45, 2.75) is 19.9 Å². The van der Waals surface area contributed by atoms with E-state index < -0.39 is 0 Å². The van der Waals surface area contributed by atoms with Crippen LogP contribution in [0.5, 0.6) is 0 Å². The van der Waals surface area contributed by atoms with Gasteiger partial charge in [0.1, 0.15) is 5.82 Å². The van der Waals surface area contributed by atoms with Gasteiger partial charge in [0.15, 0.2) is 0 Å². The standard InChI is InChI=1S/C22H26FN3O2/c1-17-4-2-5-19(14-17)22(28)24-15-21(27)26-11-3-10-25(12-13-26)16-18-6-8-20(23)9-7-18/h2,4-9,14H,3,10-13,15-16H2,1H3,(H,24,28). The summed E-state index contributed by atoms with van der Waals surface area (Å²) in [5.74, 6) is -0.529. The van der Waals surface area contributed by atoms with Gasteiger partial charge in [0.05, 0.1) is 6.54 Å². The Balaban J connectivity index is 1.47. The maximum Gasteiger partial charge on any atom is 0.251 e. The number of benzene rings is 2. The number of carbonyl (C=O) groups is 2. The van der Waals surface area contributed by atoms with Crippen molar-refractivity contribution >= 4 is 11.8 Å². The van der Waals surface area contributed by atoms with Gasteiger partial charge in [0.25, 0.3) is 5.91 Å². The third-order valence-electron chi connectivity index (χ3n) is 4.94. The van der Waals surface area contributed by atoms with Crippen molar-refractivity contribution in [1.82, 2.24) is 15.1 Å².